The van der Waals surface area contributed by atoms with Crippen molar-refractivity contribution in [3.05, 3.63) is 34.1 Å². The summed E-state index contributed by atoms with van der Waals surface area (Å²) >= 11 is 3.23. The Balaban J connectivity index is 2.35. The number of ketones is 1. The number of hydrogen-bond acceptors (Lipinski definition) is 2. The van der Waals surface area contributed by atoms with Gasteiger partial charge in [-0.15, -0.1) is 0 Å². The molecule has 2 rings (SSSR count). The highest BCUT2D eigenvalue weighted by Gasteiger charge is 2.52. The monoisotopic (exact) mass is 323 g/mol. The van der Waals surface area contributed by atoms with Crippen LogP contribution in [0.1, 0.15) is 32.3 Å². The molecule has 1 saturated carbocycles. The summed E-state index contributed by atoms with van der Waals surface area (Å²) in [4.78, 5) is 12.4. The van der Waals surface area contributed by atoms with Gasteiger partial charge in [-0.2, -0.15) is 5.26 Å². The zero-order valence-corrected chi connectivity index (χ0v) is 12.6. The maximum atomic E-state index is 13.4. The largest absolute Gasteiger partial charge is 0.297 e. The van der Waals surface area contributed by atoms with Crippen molar-refractivity contribution in [2.24, 2.45) is 10.8 Å². The third-order valence-corrected chi connectivity index (χ3v) is 4.33. The molecule has 0 spiro atoms. The molecular formula is C15H15BrFNO. The van der Waals surface area contributed by atoms with Crippen LogP contribution in [0.25, 0.3) is 0 Å². The number of nitrogens with zero attached hydrogens (tertiary/aromatic N) is 1. The quantitative estimate of drug-likeness (QED) is 0.824. The summed E-state index contributed by atoms with van der Waals surface area (Å²) in [5, 5.41) is 9.44. The lowest BCUT2D eigenvalue weighted by Gasteiger charge is -2.22. The maximum absolute atomic E-state index is 13.4. The first kappa shape index (κ1) is 14.2. The standard InChI is InChI=1S/C15H15BrFNO/c1-14(2)3-4-15(9-18,13(14)19)8-10-5-11(16)7-12(17)6-10/h5-7H,3-4,8H2,1-2H3. The SMILES string of the molecule is CC1(C)CCC(C#N)(Cc2cc(F)cc(Br)c2)C1=O. The number of halogens is 2. The number of carbonyl (C=O) groups excluding carboxylic acids is 1. The minimum absolute atomic E-state index is 0.0251. The molecule has 1 aliphatic rings. The van der Waals surface area contributed by atoms with Crippen LogP contribution >= 0.6 is 15.9 Å². The van der Waals surface area contributed by atoms with E-state index < -0.39 is 10.8 Å². The zero-order valence-electron chi connectivity index (χ0n) is 11.0. The van der Waals surface area contributed by atoms with Crippen molar-refractivity contribution in [3.63, 3.8) is 0 Å². The van der Waals surface area contributed by atoms with Crippen LogP contribution in [0.2, 0.25) is 0 Å². The van der Waals surface area contributed by atoms with Crippen LogP contribution in [0, 0.1) is 28.0 Å². The van der Waals surface area contributed by atoms with Gasteiger partial charge < -0.3 is 0 Å². The first-order valence-electron chi connectivity index (χ1n) is 6.20. The van der Waals surface area contributed by atoms with E-state index in [1.807, 2.05) is 13.8 Å². The van der Waals surface area contributed by atoms with Gasteiger partial charge >= 0.3 is 0 Å². The Hall–Kier alpha value is -1.21. The topological polar surface area (TPSA) is 40.9 Å². The highest BCUT2D eigenvalue weighted by molar-refractivity contribution is 9.10. The lowest BCUT2D eigenvalue weighted by Crippen LogP contribution is -2.33. The van der Waals surface area contributed by atoms with E-state index in [0.717, 1.165) is 0 Å². The van der Waals surface area contributed by atoms with Gasteiger partial charge in [0, 0.05) is 9.89 Å². The Bertz CT molecular complexity index is 556. The van der Waals surface area contributed by atoms with Gasteiger partial charge in [-0.1, -0.05) is 29.8 Å². The van der Waals surface area contributed by atoms with Crippen LogP contribution in [-0.2, 0) is 11.2 Å². The minimum Gasteiger partial charge on any atom is -0.297 e. The smallest absolute Gasteiger partial charge is 0.158 e. The van der Waals surface area contributed by atoms with Crippen LogP contribution in [0.3, 0.4) is 0 Å². The molecule has 1 unspecified atom stereocenters. The van der Waals surface area contributed by atoms with Gasteiger partial charge in [0.25, 0.3) is 0 Å². The van der Waals surface area contributed by atoms with E-state index in [1.54, 1.807) is 6.07 Å². The van der Waals surface area contributed by atoms with E-state index in [0.29, 0.717) is 22.9 Å². The molecule has 0 amide bonds. The fraction of sp³-hybridized carbons (Fsp3) is 0.467. The first-order chi connectivity index (χ1) is 8.79. The molecule has 0 heterocycles. The molecule has 0 aromatic heterocycles. The maximum Gasteiger partial charge on any atom is 0.158 e. The molecule has 0 aliphatic heterocycles. The summed E-state index contributed by atoms with van der Waals surface area (Å²) in [5.41, 5.74) is -0.781. The third kappa shape index (κ3) is 2.57. The molecule has 100 valence electrons. The number of carbonyl (C=O) groups is 1. The van der Waals surface area contributed by atoms with Crippen molar-refractivity contribution in [3.8, 4) is 6.07 Å². The van der Waals surface area contributed by atoms with E-state index in [4.69, 9.17) is 0 Å². The van der Waals surface area contributed by atoms with Crippen LogP contribution < -0.4 is 0 Å². The van der Waals surface area contributed by atoms with E-state index in [-0.39, 0.29) is 18.0 Å². The molecule has 1 aromatic carbocycles. The predicted molar refractivity (Wildman–Crippen MR) is 73.9 cm³/mol. The second-order valence-electron chi connectivity index (χ2n) is 5.86. The Labute approximate surface area is 120 Å². The fourth-order valence-electron chi connectivity index (χ4n) is 2.78. The normalized spacial score (nSPS) is 25.3. The van der Waals surface area contributed by atoms with Crippen molar-refractivity contribution in [2.75, 3.05) is 0 Å². The zero-order chi connectivity index (χ0) is 14.3. The van der Waals surface area contributed by atoms with Crippen LogP contribution in [-0.4, -0.2) is 5.78 Å². The molecule has 0 bridgehead atoms. The Kier molecular flexibility index (Phi) is 3.53. The fourth-order valence-corrected chi connectivity index (χ4v) is 3.29. The van der Waals surface area contributed by atoms with Gasteiger partial charge in [0.1, 0.15) is 11.2 Å². The summed E-state index contributed by atoms with van der Waals surface area (Å²) in [6, 6.07) is 6.70. The molecule has 0 radical (unpaired) electrons. The summed E-state index contributed by atoms with van der Waals surface area (Å²) in [6.07, 6.45) is 1.53. The minimum atomic E-state index is -1.00. The van der Waals surface area contributed by atoms with Gasteiger partial charge in [0.15, 0.2) is 5.78 Å². The summed E-state index contributed by atoms with van der Waals surface area (Å²) < 4.78 is 14.0. The second kappa shape index (κ2) is 4.72. The Morgan fingerprint density at radius 1 is 1.37 bits per heavy atom. The first-order valence-corrected chi connectivity index (χ1v) is 6.99. The molecule has 19 heavy (non-hydrogen) atoms. The van der Waals surface area contributed by atoms with E-state index in [9.17, 15) is 14.4 Å². The number of Topliss-reactive ketones (excluding diaryl/α,β-unsaturated/α-hetero) is 1. The molecule has 0 saturated heterocycles. The van der Waals surface area contributed by atoms with Crippen molar-refractivity contribution in [2.45, 2.75) is 33.1 Å². The van der Waals surface area contributed by atoms with Crippen molar-refractivity contribution in [1.82, 2.24) is 0 Å². The van der Waals surface area contributed by atoms with Gasteiger partial charge in [-0.3, -0.25) is 4.79 Å². The molecular weight excluding hydrogens is 309 g/mol. The van der Waals surface area contributed by atoms with Gasteiger partial charge in [-0.25, -0.2) is 4.39 Å². The number of benzene rings is 1. The highest BCUT2D eigenvalue weighted by atomic mass is 79.9. The average Bonchev–Trinajstić information content (AvgIpc) is 2.53. The molecule has 0 N–H and O–H groups in total. The highest BCUT2D eigenvalue weighted by Crippen LogP contribution is 2.47. The average molecular weight is 324 g/mol. The molecule has 1 aromatic rings. The van der Waals surface area contributed by atoms with E-state index in [2.05, 4.69) is 22.0 Å². The molecule has 1 aliphatic carbocycles. The number of nitriles is 1. The van der Waals surface area contributed by atoms with Gasteiger partial charge in [0.05, 0.1) is 6.07 Å². The van der Waals surface area contributed by atoms with Crippen molar-refractivity contribution >= 4 is 21.7 Å². The third-order valence-electron chi connectivity index (χ3n) is 3.87. The molecule has 4 heteroatoms. The van der Waals surface area contributed by atoms with Crippen LogP contribution in [0.4, 0.5) is 4.39 Å². The molecule has 2 nitrogen and oxygen atoms in total. The van der Waals surface area contributed by atoms with E-state index in [1.165, 1.54) is 12.1 Å². The van der Waals surface area contributed by atoms with Crippen LogP contribution in [0.5, 0.6) is 0 Å². The summed E-state index contributed by atoms with van der Waals surface area (Å²) in [7, 11) is 0. The van der Waals surface area contributed by atoms with Crippen LogP contribution in [0.15, 0.2) is 22.7 Å². The summed E-state index contributed by atoms with van der Waals surface area (Å²) in [6.45, 7) is 3.74. The van der Waals surface area contributed by atoms with Gasteiger partial charge in [0.2, 0.25) is 0 Å². The van der Waals surface area contributed by atoms with Crippen molar-refractivity contribution < 1.29 is 9.18 Å². The molecule has 1 fully saturated rings. The van der Waals surface area contributed by atoms with E-state index >= 15 is 0 Å². The number of rotatable bonds is 2. The Morgan fingerprint density at radius 3 is 2.53 bits per heavy atom. The number of hydrogen-bond donors (Lipinski definition) is 0. The molecule has 1 atom stereocenters. The lowest BCUT2D eigenvalue weighted by atomic mass is 9.77. The second-order valence-corrected chi connectivity index (χ2v) is 6.78. The lowest BCUT2D eigenvalue weighted by molar-refractivity contribution is -0.130. The van der Waals surface area contributed by atoms with Crippen molar-refractivity contribution in [1.29, 1.82) is 5.26 Å². The summed E-state index contributed by atoms with van der Waals surface area (Å²) in [5.74, 6) is -0.384. The van der Waals surface area contributed by atoms with Gasteiger partial charge in [-0.05, 0) is 43.0 Å². The Morgan fingerprint density at radius 2 is 2.05 bits per heavy atom. The predicted octanol–water partition coefficient (Wildman–Crippen LogP) is 4.03.